The first-order valence-corrected chi connectivity index (χ1v) is 3.84. The van der Waals surface area contributed by atoms with Crippen LogP contribution >= 0.6 is 0 Å². The van der Waals surface area contributed by atoms with Crippen molar-refractivity contribution in [2.45, 2.75) is 6.10 Å². The lowest BCUT2D eigenvalue weighted by molar-refractivity contribution is -0.505. The molecule has 0 aromatic rings. The lowest BCUT2D eigenvalue weighted by atomic mass is 10.3. The summed E-state index contributed by atoms with van der Waals surface area (Å²) >= 11 is 0. The molecule has 0 aromatic carbocycles. The Kier molecular flexibility index (Phi) is 3.15. The number of nitro groups is 1. The van der Waals surface area contributed by atoms with Gasteiger partial charge in [0.15, 0.2) is 0 Å². The van der Waals surface area contributed by atoms with E-state index in [2.05, 4.69) is 0 Å². The van der Waals surface area contributed by atoms with Crippen molar-refractivity contribution in [1.29, 1.82) is 0 Å². The maximum absolute atomic E-state index is 10.7. The van der Waals surface area contributed by atoms with E-state index in [1.54, 1.807) is 0 Å². The molecule has 0 aliphatic carbocycles. The number of hydrogen-bond acceptors (Lipinski definition) is 5. The van der Waals surface area contributed by atoms with Crippen LogP contribution in [0.15, 0.2) is 0 Å². The Morgan fingerprint density at radius 2 is 2.46 bits per heavy atom. The molecule has 1 unspecified atom stereocenters. The largest absolute Gasteiger partial charge is 0.367 e. The highest BCUT2D eigenvalue weighted by atomic mass is 16.6. The lowest BCUT2D eigenvalue weighted by Gasteiger charge is -2.27. The van der Waals surface area contributed by atoms with Gasteiger partial charge in [0.2, 0.25) is 5.91 Å². The van der Waals surface area contributed by atoms with Crippen LogP contribution in [-0.4, -0.2) is 48.2 Å². The van der Waals surface area contributed by atoms with Crippen LogP contribution in [0.3, 0.4) is 0 Å². The van der Waals surface area contributed by atoms with Gasteiger partial charge in [-0.15, -0.1) is 0 Å². The van der Waals surface area contributed by atoms with E-state index in [1.807, 2.05) is 0 Å². The fraction of sp³-hybridized carbons (Fsp3) is 0.833. The third-order valence-corrected chi connectivity index (χ3v) is 1.78. The van der Waals surface area contributed by atoms with Crippen LogP contribution in [0.2, 0.25) is 0 Å². The van der Waals surface area contributed by atoms with Gasteiger partial charge in [-0.3, -0.25) is 14.9 Å². The first-order chi connectivity index (χ1) is 6.09. The highest BCUT2D eigenvalue weighted by Gasteiger charge is 2.26. The van der Waals surface area contributed by atoms with Crippen molar-refractivity contribution in [3.63, 3.8) is 0 Å². The number of carbonyl (C=O) groups is 1. The van der Waals surface area contributed by atoms with Crippen molar-refractivity contribution in [3.8, 4) is 0 Å². The number of carbonyl (C=O) groups excluding carboxylic acids is 1. The molecule has 1 amide bonds. The molecule has 1 aliphatic heterocycles. The van der Waals surface area contributed by atoms with Gasteiger partial charge in [-0.2, -0.15) is 0 Å². The Morgan fingerprint density at radius 3 is 3.00 bits per heavy atom. The average Bonchev–Trinajstić information content (AvgIpc) is 2.03. The molecular formula is C6H11N3O4. The summed E-state index contributed by atoms with van der Waals surface area (Å²) in [5.74, 6) is -0.576. The maximum atomic E-state index is 10.7. The zero-order chi connectivity index (χ0) is 9.84. The van der Waals surface area contributed by atoms with E-state index in [9.17, 15) is 14.9 Å². The Balaban J connectivity index is 2.41. The predicted molar refractivity (Wildman–Crippen MR) is 42.4 cm³/mol. The van der Waals surface area contributed by atoms with Gasteiger partial charge >= 0.3 is 0 Å². The van der Waals surface area contributed by atoms with Gasteiger partial charge in [-0.1, -0.05) is 0 Å². The van der Waals surface area contributed by atoms with Gasteiger partial charge in [-0.25, -0.2) is 4.90 Å². The lowest BCUT2D eigenvalue weighted by Crippen LogP contribution is -2.49. The van der Waals surface area contributed by atoms with Crippen LogP contribution < -0.4 is 5.73 Å². The van der Waals surface area contributed by atoms with Crippen LogP contribution in [0.25, 0.3) is 0 Å². The van der Waals surface area contributed by atoms with E-state index < -0.39 is 16.9 Å². The molecule has 13 heavy (non-hydrogen) atoms. The number of nitrogens with two attached hydrogens (primary N) is 1. The summed E-state index contributed by atoms with van der Waals surface area (Å²) in [4.78, 5) is 21.9. The number of hydrogen-bond donors (Lipinski definition) is 1. The number of amides is 1. The molecule has 74 valence electrons. The summed E-state index contributed by atoms with van der Waals surface area (Å²) in [5.41, 5.74) is 5.00. The van der Waals surface area contributed by atoms with E-state index in [4.69, 9.17) is 10.5 Å². The predicted octanol–water partition coefficient (Wildman–Crippen LogP) is -1.59. The summed E-state index contributed by atoms with van der Waals surface area (Å²) in [6.45, 7) is 0.704. The fourth-order valence-electron chi connectivity index (χ4n) is 1.17. The minimum atomic E-state index is -0.714. The smallest absolute Gasteiger partial charge is 0.259 e. The summed E-state index contributed by atoms with van der Waals surface area (Å²) in [6.07, 6.45) is -0.714. The zero-order valence-electron chi connectivity index (χ0n) is 7.01. The molecule has 0 saturated carbocycles. The van der Waals surface area contributed by atoms with Gasteiger partial charge in [-0.05, 0) is 0 Å². The summed E-state index contributed by atoms with van der Waals surface area (Å²) in [7, 11) is 0. The number of morpholine rings is 1. The number of nitrogens with zero attached hydrogens (tertiary/aromatic N) is 2. The Bertz CT molecular complexity index is 220. The van der Waals surface area contributed by atoms with Gasteiger partial charge in [0.05, 0.1) is 6.61 Å². The van der Waals surface area contributed by atoms with E-state index in [1.165, 1.54) is 4.90 Å². The van der Waals surface area contributed by atoms with Crippen LogP contribution in [0, 0.1) is 10.1 Å². The molecule has 2 N–H and O–H groups in total. The number of ether oxygens (including phenoxy) is 1. The van der Waals surface area contributed by atoms with Gasteiger partial charge in [0.25, 0.3) is 6.67 Å². The summed E-state index contributed by atoms with van der Waals surface area (Å²) < 4.78 is 5.01. The second kappa shape index (κ2) is 4.15. The Morgan fingerprint density at radius 1 is 1.77 bits per heavy atom. The number of primary amides is 1. The monoisotopic (exact) mass is 189 g/mol. The molecule has 7 nitrogen and oxygen atoms in total. The summed E-state index contributed by atoms with van der Waals surface area (Å²) in [6, 6.07) is 0. The van der Waals surface area contributed by atoms with Crippen LogP contribution in [0.4, 0.5) is 0 Å². The molecular weight excluding hydrogens is 178 g/mol. The average molecular weight is 189 g/mol. The van der Waals surface area contributed by atoms with Crippen molar-refractivity contribution in [3.05, 3.63) is 10.1 Å². The van der Waals surface area contributed by atoms with E-state index >= 15 is 0 Å². The third-order valence-electron chi connectivity index (χ3n) is 1.78. The molecule has 0 aromatic heterocycles. The highest BCUT2D eigenvalue weighted by Crippen LogP contribution is 2.03. The molecule has 0 radical (unpaired) electrons. The first-order valence-electron chi connectivity index (χ1n) is 3.84. The van der Waals surface area contributed by atoms with Crippen molar-refractivity contribution < 1.29 is 14.5 Å². The Hall–Kier alpha value is -1.21. The molecule has 1 aliphatic rings. The number of rotatable bonds is 3. The second-order valence-electron chi connectivity index (χ2n) is 2.81. The molecule has 1 atom stereocenters. The Labute approximate surface area is 74.6 Å². The molecule has 1 heterocycles. The minimum Gasteiger partial charge on any atom is -0.367 e. The van der Waals surface area contributed by atoms with Crippen molar-refractivity contribution >= 4 is 5.91 Å². The van der Waals surface area contributed by atoms with Gasteiger partial charge in [0, 0.05) is 18.0 Å². The van der Waals surface area contributed by atoms with E-state index in [0.717, 1.165) is 0 Å². The van der Waals surface area contributed by atoms with E-state index in [0.29, 0.717) is 13.2 Å². The van der Waals surface area contributed by atoms with Crippen molar-refractivity contribution in [2.75, 3.05) is 26.4 Å². The first kappa shape index (κ1) is 9.87. The van der Waals surface area contributed by atoms with E-state index in [-0.39, 0.29) is 13.2 Å². The van der Waals surface area contributed by atoms with Crippen molar-refractivity contribution in [1.82, 2.24) is 4.90 Å². The summed E-state index contributed by atoms with van der Waals surface area (Å²) in [5, 5.41) is 10.2. The van der Waals surface area contributed by atoms with Gasteiger partial charge < -0.3 is 10.5 Å². The van der Waals surface area contributed by atoms with Crippen LogP contribution in [0.1, 0.15) is 0 Å². The molecule has 1 saturated heterocycles. The van der Waals surface area contributed by atoms with Crippen LogP contribution in [-0.2, 0) is 9.53 Å². The molecule has 7 heteroatoms. The topological polar surface area (TPSA) is 98.7 Å². The third kappa shape index (κ3) is 2.96. The van der Waals surface area contributed by atoms with Gasteiger partial charge in [0.1, 0.15) is 6.10 Å². The standard InChI is InChI=1S/C6H11N3O4/c7-6(10)5-3-8(1-2-13-5)4-9(11)12/h5H,1-4H2,(H2,7,10). The minimum absolute atomic E-state index is 0.205. The fourth-order valence-corrected chi connectivity index (χ4v) is 1.17. The normalized spacial score (nSPS) is 24.2. The second-order valence-corrected chi connectivity index (χ2v) is 2.81. The van der Waals surface area contributed by atoms with Crippen LogP contribution in [0.5, 0.6) is 0 Å². The maximum Gasteiger partial charge on any atom is 0.259 e. The molecule has 1 fully saturated rings. The SMILES string of the molecule is NC(=O)C1CN(C[N+](=O)[O-])CCO1. The molecule has 0 spiro atoms. The quantitative estimate of drug-likeness (QED) is 0.426. The molecule has 1 rings (SSSR count). The highest BCUT2D eigenvalue weighted by molar-refractivity contribution is 5.79. The molecule has 0 bridgehead atoms. The zero-order valence-corrected chi connectivity index (χ0v) is 7.01. The van der Waals surface area contributed by atoms with Crippen molar-refractivity contribution in [2.24, 2.45) is 5.73 Å².